The SMILES string of the molecule is CCSCCSc1nc(-c2ccc(C)cc2)cc(-c2ccccc2)c1C#N. The van der Waals surface area contributed by atoms with Gasteiger partial charge in [-0.3, -0.25) is 0 Å². The first-order chi connectivity index (χ1) is 13.2. The Kier molecular flexibility index (Phi) is 6.98. The predicted molar refractivity (Wildman–Crippen MR) is 118 cm³/mol. The zero-order valence-electron chi connectivity index (χ0n) is 15.6. The lowest BCUT2D eigenvalue weighted by Crippen LogP contribution is -1.97. The van der Waals surface area contributed by atoms with Crippen LogP contribution >= 0.6 is 23.5 Å². The average Bonchev–Trinajstić information content (AvgIpc) is 2.72. The molecule has 0 N–H and O–H groups in total. The second-order valence-electron chi connectivity index (χ2n) is 6.12. The van der Waals surface area contributed by atoms with E-state index >= 15 is 0 Å². The molecule has 0 aliphatic rings. The number of pyridine rings is 1. The van der Waals surface area contributed by atoms with Crippen LogP contribution < -0.4 is 0 Å². The first kappa shape index (κ1) is 19.5. The molecule has 0 amide bonds. The molecule has 0 spiro atoms. The van der Waals surface area contributed by atoms with Gasteiger partial charge in [0, 0.05) is 22.6 Å². The van der Waals surface area contributed by atoms with E-state index < -0.39 is 0 Å². The summed E-state index contributed by atoms with van der Waals surface area (Å²) in [6.45, 7) is 4.25. The van der Waals surface area contributed by atoms with E-state index in [1.165, 1.54) is 5.56 Å². The van der Waals surface area contributed by atoms with Gasteiger partial charge in [-0.25, -0.2) is 4.98 Å². The van der Waals surface area contributed by atoms with Crippen LogP contribution in [0.15, 0.2) is 65.7 Å². The molecule has 0 saturated heterocycles. The standard InChI is InChI=1S/C23H22N2S2/c1-3-26-13-14-27-23-21(16-24)20(18-7-5-4-6-8-18)15-22(25-23)19-11-9-17(2)10-12-19/h4-12,15H,3,13-14H2,1-2H3. The Morgan fingerprint density at radius 2 is 1.70 bits per heavy atom. The topological polar surface area (TPSA) is 36.7 Å². The Labute approximate surface area is 170 Å². The highest BCUT2D eigenvalue weighted by Crippen LogP contribution is 2.34. The number of thioether (sulfide) groups is 2. The highest BCUT2D eigenvalue weighted by molar-refractivity contribution is 8.02. The van der Waals surface area contributed by atoms with Crippen LogP contribution in [0.25, 0.3) is 22.4 Å². The minimum atomic E-state index is 0.670. The van der Waals surface area contributed by atoms with Gasteiger partial charge in [-0.15, -0.1) is 11.8 Å². The minimum Gasteiger partial charge on any atom is -0.240 e. The lowest BCUT2D eigenvalue weighted by molar-refractivity contribution is 1.12. The Hall–Kier alpha value is -2.22. The summed E-state index contributed by atoms with van der Waals surface area (Å²) in [6, 6.07) is 23.0. The normalized spacial score (nSPS) is 10.6. The van der Waals surface area contributed by atoms with E-state index in [1.807, 2.05) is 36.0 Å². The van der Waals surface area contributed by atoms with Gasteiger partial charge in [-0.1, -0.05) is 67.1 Å². The number of nitriles is 1. The predicted octanol–water partition coefficient (Wildman–Crippen LogP) is 6.44. The number of aromatic nitrogens is 1. The molecular formula is C23H22N2S2. The lowest BCUT2D eigenvalue weighted by atomic mass is 9.99. The van der Waals surface area contributed by atoms with Crippen molar-refractivity contribution in [3.63, 3.8) is 0 Å². The molecule has 0 fully saturated rings. The molecule has 4 heteroatoms. The molecule has 0 unspecified atom stereocenters. The molecule has 0 aliphatic heterocycles. The third kappa shape index (κ3) is 4.94. The van der Waals surface area contributed by atoms with Gasteiger partial charge in [0.15, 0.2) is 0 Å². The minimum absolute atomic E-state index is 0.670. The van der Waals surface area contributed by atoms with Crippen molar-refractivity contribution in [2.24, 2.45) is 0 Å². The fourth-order valence-electron chi connectivity index (χ4n) is 2.79. The maximum atomic E-state index is 9.85. The molecular weight excluding hydrogens is 368 g/mol. The first-order valence-electron chi connectivity index (χ1n) is 9.01. The molecule has 1 heterocycles. The quantitative estimate of drug-likeness (QED) is 0.343. The van der Waals surface area contributed by atoms with Gasteiger partial charge < -0.3 is 0 Å². The van der Waals surface area contributed by atoms with Crippen LogP contribution in [-0.4, -0.2) is 22.2 Å². The van der Waals surface area contributed by atoms with Gasteiger partial charge in [0.1, 0.15) is 11.1 Å². The summed E-state index contributed by atoms with van der Waals surface area (Å²) in [6.07, 6.45) is 0. The Balaban J connectivity index is 2.09. The van der Waals surface area contributed by atoms with Crippen LogP contribution in [0.5, 0.6) is 0 Å². The number of benzene rings is 2. The van der Waals surface area contributed by atoms with E-state index in [2.05, 4.69) is 56.3 Å². The monoisotopic (exact) mass is 390 g/mol. The molecule has 136 valence electrons. The van der Waals surface area contributed by atoms with Crippen molar-refractivity contribution in [1.82, 2.24) is 4.98 Å². The van der Waals surface area contributed by atoms with Gasteiger partial charge in [0.25, 0.3) is 0 Å². The molecule has 27 heavy (non-hydrogen) atoms. The molecule has 3 rings (SSSR count). The summed E-state index contributed by atoms with van der Waals surface area (Å²) >= 11 is 3.59. The van der Waals surface area contributed by atoms with Crippen molar-refractivity contribution < 1.29 is 0 Å². The van der Waals surface area contributed by atoms with Gasteiger partial charge in [-0.05, 0) is 24.3 Å². The van der Waals surface area contributed by atoms with Crippen molar-refractivity contribution in [3.05, 3.63) is 71.8 Å². The Morgan fingerprint density at radius 1 is 0.963 bits per heavy atom. The van der Waals surface area contributed by atoms with Gasteiger partial charge in [0.05, 0.1) is 11.3 Å². The Morgan fingerprint density at radius 3 is 2.37 bits per heavy atom. The van der Waals surface area contributed by atoms with E-state index in [4.69, 9.17) is 4.98 Å². The van der Waals surface area contributed by atoms with Gasteiger partial charge in [-0.2, -0.15) is 17.0 Å². The van der Waals surface area contributed by atoms with Gasteiger partial charge >= 0.3 is 0 Å². The third-order valence-corrected chi connectivity index (χ3v) is 6.34. The molecule has 0 atom stereocenters. The second kappa shape index (κ2) is 9.64. The highest BCUT2D eigenvalue weighted by Gasteiger charge is 2.15. The number of hydrogen-bond donors (Lipinski definition) is 0. The number of hydrogen-bond acceptors (Lipinski definition) is 4. The summed E-state index contributed by atoms with van der Waals surface area (Å²) in [5, 5.41) is 10.7. The van der Waals surface area contributed by atoms with Crippen molar-refractivity contribution in [2.45, 2.75) is 18.9 Å². The molecule has 2 aromatic carbocycles. The molecule has 0 radical (unpaired) electrons. The Bertz CT molecular complexity index is 929. The summed E-state index contributed by atoms with van der Waals surface area (Å²) in [5.74, 6) is 3.12. The zero-order chi connectivity index (χ0) is 19.1. The van der Waals surface area contributed by atoms with Crippen molar-refractivity contribution >= 4 is 23.5 Å². The van der Waals surface area contributed by atoms with Crippen molar-refractivity contribution in [2.75, 3.05) is 17.3 Å². The van der Waals surface area contributed by atoms with E-state index in [9.17, 15) is 5.26 Å². The summed E-state index contributed by atoms with van der Waals surface area (Å²) in [5.41, 5.74) is 5.89. The van der Waals surface area contributed by atoms with Crippen LogP contribution in [-0.2, 0) is 0 Å². The second-order valence-corrected chi connectivity index (χ2v) is 8.60. The van der Waals surface area contributed by atoms with E-state index in [0.717, 1.165) is 44.7 Å². The summed E-state index contributed by atoms with van der Waals surface area (Å²) in [4.78, 5) is 4.86. The highest BCUT2D eigenvalue weighted by atomic mass is 32.2. The van der Waals surface area contributed by atoms with Crippen molar-refractivity contribution in [3.8, 4) is 28.5 Å². The molecule has 0 aliphatic carbocycles. The fourth-order valence-corrected chi connectivity index (χ4v) is 4.54. The molecule has 2 nitrogen and oxygen atoms in total. The summed E-state index contributed by atoms with van der Waals surface area (Å²) in [7, 11) is 0. The number of nitrogens with zero attached hydrogens (tertiary/aromatic N) is 2. The van der Waals surface area contributed by atoms with Crippen LogP contribution in [0.1, 0.15) is 18.1 Å². The third-order valence-electron chi connectivity index (χ3n) is 4.20. The molecule has 0 bridgehead atoms. The van der Waals surface area contributed by atoms with E-state index in [1.54, 1.807) is 11.8 Å². The van der Waals surface area contributed by atoms with E-state index in [0.29, 0.717) is 5.56 Å². The van der Waals surface area contributed by atoms with E-state index in [-0.39, 0.29) is 0 Å². The van der Waals surface area contributed by atoms with Crippen LogP contribution in [0.4, 0.5) is 0 Å². The zero-order valence-corrected chi connectivity index (χ0v) is 17.2. The first-order valence-corrected chi connectivity index (χ1v) is 11.1. The molecule has 1 aromatic heterocycles. The maximum Gasteiger partial charge on any atom is 0.115 e. The average molecular weight is 391 g/mol. The molecule has 0 saturated carbocycles. The summed E-state index contributed by atoms with van der Waals surface area (Å²) < 4.78 is 0. The lowest BCUT2D eigenvalue weighted by Gasteiger charge is -2.12. The number of rotatable bonds is 7. The van der Waals surface area contributed by atoms with Crippen LogP contribution in [0.2, 0.25) is 0 Å². The van der Waals surface area contributed by atoms with Crippen molar-refractivity contribution in [1.29, 1.82) is 5.26 Å². The van der Waals surface area contributed by atoms with Crippen LogP contribution in [0, 0.1) is 18.3 Å². The van der Waals surface area contributed by atoms with Gasteiger partial charge in [0.2, 0.25) is 0 Å². The fraction of sp³-hybridized carbons (Fsp3) is 0.217. The number of aryl methyl sites for hydroxylation is 1. The smallest absolute Gasteiger partial charge is 0.115 e. The maximum absolute atomic E-state index is 9.85. The molecule has 3 aromatic rings. The largest absolute Gasteiger partial charge is 0.240 e. The van der Waals surface area contributed by atoms with Crippen LogP contribution in [0.3, 0.4) is 0 Å².